The Balaban J connectivity index is 1.52. The molecule has 0 fully saturated rings. The summed E-state index contributed by atoms with van der Waals surface area (Å²) in [5.41, 5.74) is -1.93. The highest BCUT2D eigenvalue weighted by Gasteiger charge is 2.29. The molecule has 9 aromatic rings. The van der Waals surface area contributed by atoms with Crippen LogP contribution in [0.15, 0.2) is 164 Å². The predicted octanol–water partition coefficient (Wildman–Crippen LogP) is 16.5. The van der Waals surface area contributed by atoms with Gasteiger partial charge in [-0.3, -0.25) is 9.55 Å². The van der Waals surface area contributed by atoms with Crippen LogP contribution in [0, 0.1) is 13.8 Å². The predicted molar refractivity (Wildman–Crippen MR) is 274 cm³/mol. The second-order valence-corrected chi connectivity index (χ2v) is 16.8. The van der Waals surface area contributed by atoms with Crippen LogP contribution in [0.25, 0.3) is 83.9 Å². The molecule has 0 amide bonds. The Morgan fingerprint density at radius 1 is 0.585 bits per heavy atom. The second kappa shape index (κ2) is 16.8. The van der Waals surface area contributed by atoms with Crippen molar-refractivity contribution >= 4 is 11.0 Å². The number of fused-ring (bicyclic) bond motifs is 1. The first-order valence-electron chi connectivity index (χ1n) is 30.7. The molecule has 0 saturated heterocycles. The van der Waals surface area contributed by atoms with Gasteiger partial charge in [0.2, 0.25) is 0 Å². The monoisotopic (exact) mass is 869 g/mol. The molecule has 324 valence electrons. The molecular weight excluding hydrogens is 791 g/mol. The molecule has 2 aromatic heterocycles. The number of benzene rings is 7. The molecular formula is C61H59N3O. The van der Waals surface area contributed by atoms with E-state index in [0.717, 1.165) is 33.4 Å². The molecule has 0 atom stereocenters. The number of nitrogens with zero attached hydrogens (tertiary/aromatic N) is 3. The fourth-order valence-corrected chi connectivity index (χ4v) is 8.75. The number of aryl methyl sites for hydroxylation is 1. The molecule has 0 bridgehead atoms. The Hall–Kier alpha value is -7.04. The van der Waals surface area contributed by atoms with Gasteiger partial charge in [0.25, 0.3) is 0 Å². The van der Waals surface area contributed by atoms with E-state index in [4.69, 9.17) is 36.0 Å². The SMILES string of the molecule is [2H]C(C)(C)c1ccc(-n2c(-c3cc(C(C([2H])([2H])[2H])(C([2H])([2H])[2H])C([2H])([2H])[2H])cc(C(C([2H])([2H])[2H])(C([2H])([2H])[2H])C([2H])([2H])[2H])c3O)nc3c(-c4cc(-c5ccccc5)cc(-c5ncc(C)c(-c6ccccc6)c5C)c4)cccc32)c(-c2ccccc2)c1. The Labute approximate surface area is 412 Å². The minimum atomic E-state index is -4.17. The number of rotatable bonds is 8. The summed E-state index contributed by atoms with van der Waals surface area (Å²) in [7, 11) is 0. The smallest absolute Gasteiger partial charge is 0.149 e. The Morgan fingerprint density at radius 3 is 1.88 bits per heavy atom. The first kappa shape index (κ1) is 26.1. The normalized spacial score (nSPS) is 17.7. The van der Waals surface area contributed by atoms with E-state index in [1.807, 2.05) is 92.7 Å². The number of para-hydroxylation sites is 1. The topological polar surface area (TPSA) is 50.9 Å². The van der Waals surface area contributed by atoms with Gasteiger partial charge in [-0.15, -0.1) is 0 Å². The summed E-state index contributed by atoms with van der Waals surface area (Å²) in [4.78, 5) is 10.2. The minimum absolute atomic E-state index is 0.139. The number of phenolic OH excluding ortho intramolecular Hbond substituents is 1. The summed E-state index contributed by atoms with van der Waals surface area (Å²) in [5, 5.41) is 13.1. The van der Waals surface area contributed by atoms with Crippen LogP contribution >= 0.6 is 0 Å². The number of phenols is 1. The Morgan fingerprint density at radius 2 is 1.22 bits per heavy atom. The van der Waals surface area contributed by atoms with Gasteiger partial charge >= 0.3 is 0 Å². The van der Waals surface area contributed by atoms with Crippen LogP contribution in [0.4, 0.5) is 0 Å². The molecule has 65 heavy (non-hydrogen) atoms. The van der Waals surface area contributed by atoms with Crippen LogP contribution in [0.5, 0.6) is 5.75 Å². The zero-order valence-corrected chi connectivity index (χ0v) is 36.4. The number of aromatic hydroxyl groups is 1. The van der Waals surface area contributed by atoms with Crippen LogP contribution in [0.2, 0.25) is 0 Å². The Bertz CT molecular complexity index is 3870. The summed E-state index contributed by atoms with van der Waals surface area (Å²) in [6, 6.07) is 45.4. The Kier molecular flexibility index (Phi) is 6.74. The molecule has 0 saturated carbocycles. The van der Waals surface area contributed by atoms with Gasteiger partial charge in [-0.2, -0.15) is 0 Å². The van der Waals surface area contributed by atoms with E-state index >= 15 is 0 Å². The average Bonchev–Trinajstić information content (AvgIpc) is 0.795. The van der Waals surface area contributed by atoms with Crippen molar-refractivity contribution < 1.29 is 31.2 Å². The van der Waals surface area contributed by atoms with Gasteiger partial charge in [-0.25, -0.2) is 4.98 Å². The van der Waals surface area contributed by atoms with E-state index in [0.29, 0.717) is 45.1 Å². The van der Waals surface area contributed by atoms with Crippen molar-refractivity contribution in [2.45, 2.75) is 85.5 Å². The molecule has 9 rings (SSSR count). The third-order valence-electron chi connectivity index (χ3n) is 12.0. The molecule has 1 N–H and O–H groups in total. The molecule has 2 heterocycles. The van der Waals surface area contributed by atoms with E-state index in [1.54, 1.807) is 86.8 Å². The lowest BCUT2D eigenvalue weighted by molar-refractivity contribution is 0.446. The summed E-state index contributed by atoms with van der Waals surface area (Å²) in [5.74, 6) is -3.04. The number of hydrogen-bond acceptors (Lipinski definition) is 3. The third-order valence-corrected chi connectivity index (χ3v) is 12.0. The van der Waals surface area contributed by atoms with Crippen LogP contribution in [0.1, 0.15) is 115 Å². The van der Waals surface area contributed by atoms with E-state index in [2.05, 4.69) is 0 Å². The molecule has 0 aliphatic heterocycles. The number of imidazole rings is 1. The van der Waals surface area contributed by atoms with Gasteiger partial charge in [0, 0.05) is 54.5 Å². The van der Waals surface area contributed by atoms with Gasteiger partial charge in [-0.1, -0.05) is 170 Å². The van der Waals surface area contributed by atoms with Gasteiger partial charge in [0.15, 0.2) is 0 Å². The van der Waals surface area contributed by atoms with E-state index < -0.39 is 86.1 Å². The third kappa shape index (κ3) is 8.19. The first-order valence-corrected chi connectivity index (χ1v) is 21.2. The van der Waals surface area contributed by atoms with Crippen molar-refractivity contribution in [3.8, 4) is 78.6 Å². The van der Waals surface area contributed by atoms with Crippen molar-refractivity contribution in [2.75, 3.05) is 0 Å². The van der Waals surface area contributed by atoms with Gasteiger partial charge < -0.3 is 5.11 Å². The van der Waals surface area contributed by atoms with E-state index in [1.165, 1.54) is 4.57 Å². The standard InChI is InChI=1S/C61H59N3O/c1-38(2)44-29-30-53(50(34-44)42-23-16-12-17-24-42)64-54-28-20-27-49(57(54)63-59(64)51-35-48(60(5,6)7)36-52(58(51)65)61(8,9)10)46-31-45(41-21-14-11-15-22-41)32-47(33-46)56-40(4)55(39(3)37-62-56)43-25-18-13-19-26-43/h11-38,65H,1-10H3/i5D3,6D3,7D3,8D3,9D3,10D3,38D. The highest BCUT2D eigenvalue weighted by atomic mass is 16.3. The molecule has 0 spiro atoms. The van der Waals surface area contributed by atoms with Crippen LogP contribution < -0.4 is 0 Å². The lowest BCUT2D eigenvalue weighted by Gasteiger charge is -2.27. The van der Waals surface area contributed by atoms with Crippen molar-refractivity contribution in [1.29, 1.82) is 0 Å². The largest absolute Gasteiger partial charge is 0.507 e. The maximum Gasteiger partial charge on any atom is 0.149 e. The molecule has 7 aromatic carbocycles. The fourth-order valence-electron chi connectivity index (χ4n) is 8.75. The van der Waals surface area contributed by atoms with Crippen LogP contribution in [-0.2, 0) is 10.8 Å². The van der Waals surface area contributed by atoms with E-state index in [-0.39, 0.29) is 22.8 Å². The van der Waals surface area contributed by atoms with Crippen molar-refractivity contribution in [3.05, 3.63) is 192 Å². The number of hydrogen-bond donors (Lipinski definition) is 1. The fraction of sp³-hybridized carbons (Fsp3) is 0.213. The zero-order valence-electron chi connectivity index (χ0n) is 55.4. The van der Waals surface area contributed by atoms with Crippen LogP contribution in [0.3, 0.4) is 0 Å². The van der Waals surface area contributed by atoms with Crippen LogP contribution in [-0.4, -0.2) is 19.6 Å². The van der Waals surface area contributed by atoms with E-state index in [9.17, 15) is 5.11 Å². The van der Waals surface area contributed by atoms with Gasteiger partial charge in [-0.05, 0) is 129 Å². The molecule has 0 aliphatic carbocycles. The van der Waals surface area contributed by atoms with Gasteiger partial charge in [0.05, 0.1) is 28.0 Å². The summed E-state index contributed by atoms with van der Waals surface area (Å²) < 4.78 is 169. The second-order valence-electron chi connectivity index (χ2n) is 16.8. The molecule has 0 radical (unpaired) electrons. The summed E-state index contributed by atoms with van der Waals surface area (Å²) in [6.07, 6.45) is 1.80. The molecule has 0 aliphatic rings. The zero-order chi connectivity index (χ0) is 61.7. The highest BCUT2D eigenvalue weighted by molar-refractivity contribution is 5.99. The minimum Gasteiger partial charge on any atom is -0.507 e. The lowest BCUT2D eigenvalue weighted by atomic mass is 9.79. The summed E-state index contributed by atoms with van der Waals surface area (Å²) >= 11 is 0. The average molecular weight is 869 g/mol. The lowest BCUT2D eigenvalue weighted by Crippen LogP contribution is -2.17. The maximum atomic E-state index is 13.1. The maximum absolute atomic E-state index is 13.1. The highest BCUT2D eigenvalue weighted by Crippen LogP contribution is 2.46. The first-order chi connectivity index (χ1) is 38.9. The summed E-state index contributed by atoms with van der Waals surface area (Å²) in [6.45, 7) is -17.3. The molecule has 0 unspecified atom stereocenters. The molecule has 4 heteroatoms. The number of aromatic nitrogens is 3. The van der Waals surface area contributed by atoms with Crippen molar-refractivity contribution in [2.24, 2.45) is 0 Å². The van der Waals surface area contributed by atoms with Crippen molar-refractivity contribution in [1.82, 2.24) is 14.5 Å². The quantitative estimate of drug-likeness (QED) is 0.166. The van der Waals surface area contributed by atoms with Crippen molar-refractivity contribution in [3.63, 3.8) is 0 Å². The van der Waals surface area contributed by atoms with Gasteiger partial charge in [0.1, 0.15) is 11.6 Å². The molecule has 4 nitrogen and oxygen atoms in total. The number of pyridine rings is 1.